The minimum atomic E-state index is -3.23. The number of carbonyl (C=O) groups excluding carboxylic acids is 1. The average Bonchev–Trinajstić information content (AvgIpc) is 3.16. The van der Waals surface area contributed by atoms with Crippen LogP contribution in [0, 0.1) is 0 Å². The molecule has 0 bridgehead atoms. The zero-order valence-corrected chi connectivity index (χ0v) is 18.2. The molecule has 1 aliphatic carbocycles. The largest absolute Gasteiger partial charge is 0.360 e. The Morgan fingerprint density at radius 2 is 2.03 bits per heavy atom. The number of aryl methyl sites for hydroxylation is 1. The zero-order valence-electron chi connectivity index (χ0n) is 17.4. The van der Waals surface area contributed by atoms with Gasteiger partial charge in [0.1, 0.15) is 23.5 Å². The van der Waals surface area contributed by atoms with Crippen molar-refractivity contribution in [2.45, 2.75) is 49.5 Å². The van der Waals surface area contributed by atoms with Gasteiger partial charge in [-0.3, -0.25) is 4.79 Å². The van der Waals surface area contributed by atoms with Crippen LogP contribution in [0.1, 0.15) is 54.2 Å². The number of carbonyl (C=O) groups is 1. The molecule has 9 heteroatoms. The van der Waals surface area contributed by atoms with E-state index in [2.05, 4.69) is 25.6 Å². The second-order valence-corrected chi connectivity index (χ2v) is 10.4. The summed E-state index contributed by atoms with van der Waals surface area (Å²) in [6.45, 7) is 2.40. The quantitative estimate of drug-likeness (QED) is 0.563. The minimum absolute atomic E-state index is 0.190. The van der Waals surface area contributed by atoms with Gasteiger partial charge in [0.25, 0.3) is 5.91 Å². The van der Waals surface area contributed by atoms with Crippen LogP contribution in [0.15, 0.2) is 35.5 Å². The number of nitrogens with zero attached hydrogens (tertiary/aromatic N) is 2. The number of aromatic nitrogens is 3. The maximum Gasteiger partial charge on any atom is 0.267 e. The number of hydrogen-bond donors (Lipinski definition) is 3. The third-order valence-electron chi connectivity index (χ3n) is 6.39. The summed E-state index contributed by atoms with van der Waals surface area (Å²) >= 11 is 0. The molecule has 0 radical (unpaired) electrons. The Balaban J connectivity index is 1.53. The summed E-state index contributed by atoms with van der Waals surface area (Å²) in [6, 6.07) is 7.61. The van der Waals surface area contributed by atoms with Crippen LogP contribution in [0.25, 0.3) is 11.0 Å². The molecule has 0 atom stereocenters. The standard InChI is InChI=1S/C22H25N5O3S/c1-2-23-21(28)17-12-16-19(26-17)24-13-25-20(16)27-22(8-4-9-22)15-7-6-14-5-3-10-31(29,30)18(14)11-15/h6-7,11-13H,2-5,8-10H2,1H3,(H,23,28)(H2,24,25,26,27). The Labute approximate surface area is 180 Å². The highest BCUT2D eigenvalue weighted by atomic mass is 32.2. The summed E-state index contributed by atoms with van der Waals surface area (Å²) < 4.78 is 25.3. The molecule has 1 fully saturated rings. The lowest BCUT2D eigenvalue weighted by molar-refractivity contribution is 0.0951. The second-order valence-electron chi connectivity index (χ2n) is 8.33. The summed E-state index contributed by atoms with van der Waals surface area (Å²) in [6.07, 6.45) is 5.75. The van der Waals surface area contributed by atoms with Gasteiger partial charge in [0, 0.05) is 6.54 Å². The molecule has 2 aromatic heterocycles. The van der Waals surface area contributed by atoms with Crippen molar-refractivity contribution in [3.8, 4) is 0 Å². The normalized spacial score (nSPS) is 18.7. The summed E-state index contributed by atoms with van der Waals surface area (Å²) in [5, 5.41) is 7.09. The summed E-state index contributed by atoms with van der Waals surface area (Å²) in [7, 11) is -3.23. The van der Waals surface area contributed by atoms with Gasteiger partial charge < -0.3 is 15.6 Å². The SMILES string of the molecule is CCNC(=O)c1cc2c(NC3(c4ccc5c(c4)S(=O)(=O)CCC5)CCC3)ncnc2[nH]1. The van der Waals surface area contributed by atoms with Gasteiger partial charge in [-0.05, 0) is 62.3 Å². The third-order valence-corrected chi connectivity index (χ3v) is 8.26. The van der Waals surface area contributed by atoms with Crippen molar-refractivity contribution in [2.24, 2.45) is 0 Å². The van der Waals surface area contributed by atoms with Crippen LogP contribution in [0.3, 0.4) is 0 Å². The highest BCUT2D eigenvalue weighted by molar-refractivity contribution is 7.91. The predicted molar refractivity (Wildman–Crippen MR) is 118 cm³/mol. The van der Waals surface area contributed by atoms with Crippen LogP contribution >= 0.6 is 0 Å². The molecule has 5 rings (SSSR count). The molecule has 31 heavy (non-hydrogen) atoms. The van der Waals surface area contributed by atoms with Gasteiger partial charge in [0.05, 0.1) is 21.6 Å². The fraction of sp³-hybridized carbons (Fsp3) is 0.409. The molecule has 0 unspecified atom stereocenters. The first-order valence-corrected chi connectivity index (χ1v) is 12.3. The predicted octanol–water partition coefficient (Wildman–Crippen LogP) is 2.92. The first kappa shape index (κ1) is 20.0. The van der Waals surface area contributed by atoms with Crippen LogP contribution < -0.4 is 10.6 Å². The van der Waals surface area contributed by atoms with Gasteiger partial charge >= 0.3 is 0 Å². The van der Waals surface area contributed by atoms with Crippen LogP contribution in [0.4, 0.5) is 5.82 Å². The van der Waals surface area contributed by atoms with Gasteiger partial charge in [-0.15, -0.1) is 0 Å². The van der Waals surface area contributed by atoms with Crippen molar-refractivity contribution in [1.29, 1.82) is 0 Å². The molecular weight excluding hydrogens is 414 g/mol. The maximum atomic E-state index is 12.6. The number of aromatic amines is 1. The monoisotopic (exact) mass is 439 g/mol. The molecule has 8 nitrogen and oxygen atoms in total. The molecule has 1 saturated carbocycles. The van der Waals surface area contributed by atoms with Crippen molar-refractivity contribution < 1.29 is 13.2 Å². The molecule has 1 amide bonds. The van der Waals surface area contributed by atoms with Crippen molar-refractivity contribution in [2.75, 3.05) is 17.6 Å². The highest BCUT2D eigenvalue weighted by Crippen LogP contribution is 2.45. The highest BCUT2D eigenvalue weighted by Gasteiger charge is 2.40. The molecule has 3 N–H and O–H groups in total. The van der Waals surface area contributed by atoms with E-state index in [0.29, 0.717) is 35.0 Å². The minimum Gasteiger partial charge on any atom is -0.360 e. The van der Waals surface area contributed by atoms with Crippen LogP contribution in [0.2, 0.25) is 0 Å². The lowest BCUT2D eigenvalue weighted by Crippen LogP contribution is -2.42. The van der Waals surface area contributed by atoms with Crippen LogP contribution in [-0.4, -0.2) is 41.6 Å². The van der Waals surface area contributed by atoms with Gasteiger partial charge in [0.2, 0.25) is 0 Å². The van der Waals surface area contributed by atoms with E-state index in [9.17, 15) is 13.2 Å². The van der Waals surface area contributed by atoms with Crippen molar-refractivity contribution in [3.05, 3.63) is 47.4 Å². The lowest BCUT2D eigenvalue weighted by atomic mass is 9.71. The van der Waals surface area contributed by atoms with E-state index in [1.807, 2.05) is 25.1 Å². The summed E-state index contributed by atoms with van der Waals surface area (Å²) in [5.74, 6) is 0.657. The van der Waals surface area contributed by atoms with Gasteiger partial charge in [0.15, 0.2) is 9.84 Å². The Hall–Kier alpha value is -2.94. The van der Waals surface area contributed by atoms with E-state index in [-0.39, 0.29) is 17.2 Å². The van der Waals surface area contributed by atoms with Crippen LogP contribution in [0.5, 0.6) is 0 Å². The first-order valence-electron chi connectivity index (χ1n) is 10.7. The number of nitrogens with one attached hydrogen (secondary N) is 3. The molecule has 162 valence electrons. The number of H-pyrrole nitrogens is 1. The number of fused-ring (bicyclic) bond motifs is 2. The number of amides is 1. The third kappa shape index (κ3) is 3.37. The Bertz CT molecular complexity index is 1280. The van der Waals surface area contributed by atoms with E-state index < -0.39 is 9.84 Å². The summed E-state index contributed by atoms with van der Waals surface area (Å²) in [4.78, 5) is 24.5. The molecule has 1 aliphatic heterocycles. The average molecular weight is 440 g/mol. The van der Waals surface area contributed by atoms with E-state index in [1.165, 1.54) is 6.33 Å². The van der Waals surface area contributed by atoms with Crippen molar-refractivity contribution in [3.63, 3.8) is 0 Å². The Morgan fingerprint density at radius 1 is 1.19 bits per heavy atom. The fourth-order valence-corrected chi connectivity index (χ4v) is 6.19. The number of sulfone groups is 1. The topological polar surface area (TPSA) is 117 Å². The maximum absolute atomic E-state index is 12.6. The molecule has 3 heterocycles. The smallest absolute Gasteiger partial charge is 0.267 e. The number of benzene rings is 1. The zero-order chi connectivity index (χ0) is 21.6. The van der Waals surface area contributed by atoms with E-state index in [0.717, 1.165) is 42.2 Å². The first-order chi connectivity index (χ1) is 14.9. The molecule has 3 aromatic rings. The molecule has 0 spiro atoms. The second kappa shape index (κ2) is 7.33. The van der Waals surface area contributed by atoms with Crippen molar-refractivity contribution >= 4 is 32.6 Å². The van der Waals surface area contributed by atoms with Crippen LogP contribution in [-0.2, 0) is 21.8 Å². The molecule has 0 saturated heterocycles. The van der Waals surface area contributed by atoms with E-state index in [1.54, 1.807) is 6.07 Å². The fourth-order valence-electron chi connectivity index (χ4n) is 4.57. The van der Waals surface area contributed by atoms with Gasteiger partial charge in [-0.1, -0.05) is 12.1 Å². The molecule has 2 aliphatic rings. The number of anilines is 1. The number of hydrogen-bond acceptors (Lipinski definition) is 6. The van der Waals surface area contributed by atoms with E-state index in [4.69, 9.17) is 0 Å². The molecule has 1 aromatic carbocycles. The summed E-state index contributed by atoms with van der Waals surface area (Å²) in [5.41, 5.74) is 2.51. The van der Waals surface area contributed by atoms with Gasteiger partial charge in [-0.2, -0.15) is 0 Å². The van der Waals surface area contributed by atoms with E-state index >= 15 is 0 Å². The lowest BCUT2D eigenvalue weighted by Gasteiger charge is -2.44. The molecular formula is C22H25N5O3S. The van der Waals surface area contributed by atoms with Gasteiger partial charge in [-0.25, -0.2) is 18.4 Å². The Kier molecular flexibility index (Phi) is 4.73. The Morgan fingerprint density at radius 3 is 2.77 bits per heavy atom. The number of rotatable bonds is 5. The van der Waals surface area contributed by atoms with Crippen molar-refractivity contribution in [1.82, 2.24) is 20.3 Å².